The quantitative estimate of drug-likeness (QED) is 0.663. The van der Waals surface area contributed by atoms with Crippen LogP contribution in [0.3, 0.4) is 0 Å². The third-order valence-electron chi connectivity index (χ3n) is 1.95. The number of methoxy groups -OCH3 is 1. The predicted molar refractivity (Wildman–Crippen MR) is 67.5 cm³/mol. The van der Waals surface area contributed by atoms with Gasteiger partial charge in [0.15, 0.2) is 0 Å². The number of halogens is 1. The minimum absolute atomic E-state index is 0.262. The molecule has 0 aromatic carbocycles. The van der Waals surface area contributed by atoms with Gasteiger partial charge in [-0.3, -0.25) is 4.79 Å². The van der Waals surface area contributed by atoms with E-state index in [4.69, 9.17) is 0 Å². The first kappa shape index (κ1) is 13.5. The minimum atomic E-state index is -0.316. The van der Waals surface area contributed by atoms with Gasteiger partial charge in [-0.05, 0) is 35.1 Å². The van der Waals surface area contributed by atoms with Crippen LogP contribution in [-0.4, -0.2) is 36.9 Å². The number of aromatic nitrogens is 1. The van der Waals surface area contributed by atoms with Crippen LogP contribution in [0.4, 0.5) is 0 Å². The highest BCUT2D eigenvalue weighted by molar-refractivity contribution is 9.10. The number of rotatable bonds is 5. The van der Waals surface area contributed by atoms with Crippen LogP contribution in [0.25, 0.3) is 0 Å². The number of hydrogen-bond donors (Lipinski definition) is 1. The summed E-state index contributed by atoms with van der Waals surface area (Å²) in [5, 5.41) is 3.77. The number of esters is 1. The number of likely N-dealkylation sites (N-methyl/N-ethyl adjacent to an activating group) is 1. The van der Waals surface area contributed by atoms with Crippen molar-refractivity contribution in [2.24, 2.45) is 0 Å². The van der Waals surface area contributed by atoms with Gasteiger partial charge in [-0.25, -0.2) is 4.98 Å². The van der Waals surface area contributed by atoms with E-state index in [-0.39, 0.29) is 12.0 Å². The van der Waals surface area contributed by atoms with Crippen LogP contribution in [-0.2, 0) is 9.53 Å². The summed E-state index contributed by atoms with van der Waals surface area (Å²) < 4.78 is 5.61. The number of carbonyl (C=O) groups excluding carboxylic acids is 1. The molecule has 1 rings (SSSR count). The molecule has 1 atom stereocenters. The number of hydrogen-bond acceptors (Lipinski definition) is 5. The first-order chi connectivity index (χ1) is 7.69. The van der Waals surface area contributed by atoms with Crippen molar-refractivity contribution < 1.29 is 9.53 Å². The molecule has 0 saturated carbocycles. The summed E-state index contributed by atoms with van der Waals surface area (Å²) in [6.07, 6.45) is 1.72. The van der Waals surface area contributed by atoms with E-state index >= 15 is 0 Å². The number of nitrogens with one attached hydrogen (secondary N) is 1. The lowest BCUT2D eigenvalue weighted by Crippen LogP contribution is -2.37. The normalized spacial score (nSPS) is 12.2. The van der Waals surface area contributed by atoms with Gasteiger partial charge in [0.25, 0.3) is 0 Å². The van der Waals surface area contributed by atoms with Crippen LogP contribution in [0.15, 0.2) is 27.8 Å². The fraction of sp³-hybridized carbons (Fsp3) is 0.400. The molecule has 6 heteroatoms. The van der Waals surface area contributed by atoms with E-state index in [1.165, 1.54) is 18.9 Å². The first-order valence-corrected chi connectivity index (χ1v) is 6.45. The van der Waals surface area contributed by atoms with Gasteiger partial charge in [-0.2, -0.15) is 0 Å². The highest BCUT2D eigenvalue weighted by Crippen LogP contribution is 2.25. The zero-order valence-electron chi connectivity index (χ0n) is 9.07. The Bertz CT molecular complexity index is 362. The summed E-state index contributed by atoms with van der Waals surface area (Å²) in [5.41, 5.74) is 0. The van der Waals surface area contributed by atoms with Gasteiger partial charge in [-0.15, -0.1) is 11.8 Å². The number of carbonyl (C=O) groups is 1. The van der Waals surface area contributed by atoms with Gasteiger partial charge in [0.1, 0.15) is 11.1 Å². The lowest BCUT2D eigenvalue weighted by Gasteiger charge is -2.12. The van der Waals surface area contributed by atoms with Gasteiger partial charge in [0.05, 0.1) is 7.11 Å². The Labute approximate surface area is 107 Å². The van der Waals surface area contributed by atoms with E-state index in [1.807, 2.05) is 12.1 Å². The lowest BCUT2D eigenvalue weighted by atomic mass is 10.3. The second kappa shape index (κ2) is 6.88. The second-order valence-electron chi connectivity index (χ2n) is 2.97. The summed E-state index contributed by atoms with van der Waals surface area (Å²) in [4.78, 5) is 15.5. The van der Waals surface area contributed by atoms with Gasteiger partial charge < -0.3 is 10.1 Å². The molecule has 0 aliphatic carbocycles. The summed E-state index contributed by atoms with van der Waals surface area (Å²) in [6, 6.07) is 3.45. The molecule has 4 nitrogen and oxygen atoms in total. The number of nitrogens with zero attached hydrogens (tertiary/aromatic N) is 1. The minimum Gasteiger partial charge on any atom is -0.468 e. The monoisotopic (exact) mass is 304 g/mol. The Hall–Kier alpha value is -0.590. The average molecular weight is 305 g/mol. The van der Waals surface area contributed by atoms with Gasteiger partial charge >= 0.3 is 5.97 Å². The third-order valence-corrected chi connectivity index (χ3v) is 3.95. The fourth-order valence-corrected chi connectivity index (χ4v) is 2.62. The van der Waals surface area contributed by atoms with Crippen molar-refractivity contribution in [3.8, 4) is 0 Å². The Morgan fingerprint density at radius 3 is 3.06 bits per heavy atom. The van der Waals surface area contributed by atoms with Gasteiger partial charge in [-0.1, -0.05) is 0 Å². The maximum atomic E-state index is 11.3. The van der Waals surface area contributed by atoms with E-state index in [0.717, 1.165) is 9.50 Å². The van der Waals surface area contributed by atoms with Gasteiger partial charge in [0.2, 0.25) is 0 Å². The highest BCUT2D eigenvalue weighted by Gasteiger charge is 2.17. The average Bonchev–Trinajstić information content (AvgIpc) is 2.31. The van der Waals surface area contributed by atoms with Crippen molar-refractivity contribution in [2.75, 3.05) is 19.9 Å². The number of thioether (sulfide) groups is 1. The highest BCUT2D eigenvalue weighted by atomic mass is 79.9. The molecule has 16 heavy (non-hydrogen) atoms. The molecule has 1 N–H and O–H groups in total. The SMILES string of the molecule is CNC(CSc1ncccc1Br)C(=O)OC. The molecular formula is C10H13BrN2O2S. The smallest absolute Gasteiger partial charge is 0.323 e. The molecule has 1 aromatic heterocycles. The second-order valence-corrected chi connectivity index (χ2v) is 4.83. The topological polar surface area (TPSA) is 51.2 Å². The molecule has 0 saturated heterocycles. The maximum absolute atomic E-state index is 11.3. The molecule has 0 aliphatic rings. The number of ether oxygens (including phenoxy) is 1. The molecule has 0 fully saturated rings. The van der Waals surface area contributed by atoms with E-state index in [1.54, 1.807) is 13.2 Å². The molecule has 1 heterocycles. The molecular weight excluding hydrogens is 292 g/mol. The van der Waals surface area contributed by atoms with E-state index in [0.29, 0.717) is 5.75 Å². The molecule has 0 spiro atoms. The molecule has 0 aliphatic heterocycles. The zero-order valence-corrected chi connectivity index (χ0v) is 11.5. The van der Waals surface area contributed by atoms with Crippen LogP contribution < -0.4 is 5.32 Å². The van der Waals surface area contributed by atoms with Crippen molar-refractivity contribution >= 4 is 33.7 Å². The summed E-state index contributed by atoms with van der Waals surface area (Å²) in [6.45, 7) is 0. The molecule has 1 aromatic rings. The van der Waals surface area contributed by atoms with Crippen molar-refractivity contribution in [1.82, 2.24) is 10.3 Å². The summed E-state index contributed by atoms with van der Waals surface area (Å²) >= 11 is 4.90. The molecule has 0 radical (unpaired) electrons. The van der Waals surface area contributed by atoms with Crippen LogP contribution in [0.1, 0.15) is 0 Å². The summed E-state index contributed by atoms with van der Waals surface area (Å²) in [7, 11) is 3.11. The Kier molecular flexibility index (Phi) is 5.79. The zero-order chi connectivity index (χ0) is 12.0. The third kappa shape index (κ3) is 3.77. The molecule has 0 bridgehead atoms. The van der Waals surface area contributed by atoms with Crippen molar-refractivity contribution in [3.05, 3.63) is 22.8 Å². The maximum Gasteiger partial charge on any atom is 0.323 e. The largest absolute Gasteiger partial charge is 0.468 e. The van der Waals surface area contributed by atoms with Crippen LogP contribution in [0.2, 0.25) is 0 Å². The number of pyridine rings is 1. The van der Waals surface area contributed by atoms with Crippen molar-refractivity contribution in [1.29, 1.82) is 0 Å². The molecule has 88 valence electrons. The standard InChI is InChI=1S/C10H13BrN2O2S/c1-12-8(10(14)15-2)6-16-9-7(11)4-3-5-13-9/h3-5,8,12H,6H2,1-2H3. The first-order valence-electron chi connectivity index (χ1n) is 4.67. The van der Waals surface area contributed by atoms with E-state index in [9.17, 15) is 4.79 Å². The van der Waals surface area contributed by atoms with E-state index in [2.05, 4.69) is 31.0 Å². The van der Waals surface area contributed by atoms with Crippen LogP contribution >= 0.6 is 27.7 Å². The molecule has 0 amide bonds. The van der Waals surface area contributed by atoms with Gasteiger partial charge in [0, 0.05) is 16.4 Å². The van der Waals surface area contributed by atoms with Crippen molar-refractivity contribution in [3.63, 3.8) is 0 Å². The van der Waals surface area contributed by atoms with E-state index < -0.39 is 0 Å². The lowest BCUT2D eigenvalue weighted by molar-refractivity contribution is -0.142. The Morgan fingerprint density at radius 1 is 1.75 bits per heavy atom. The Balaban J connectivity index is 2.56. The van der Waals surface area contributed by atoms with Crippen LogP contribution in [0, 0.1) is 0 Å². The van der Waals surface area contributed by atoms with Crippen LogP contribution in [0.5, 0.6) is 0 Å². The van der Waals surface area contributed by atoms with Crippen molar-refractivity contribution in [2.45, 2.75) is 11.1 Å². The Morgan fingerprint density at radius 2 is 2.50 bits per heavy atom. The summed E-state index contributed by atoms with van der Waals surface area (Å²) in [5.74, 6) is 0.320. The molecule has 1 unspecified atom stereocenters. The fourth-order valence-electron chi connectivity index (χ4n) is 1.05. The predicted octanol–water partition coefficient (Wildman–Crippen LogP) is 1.70.